The van der Waals surface area contributed by atoms with Crippen LogP contribution in [0.4, 0.5) is 10.8 Å². The normalized spacial score (nSPS) is 16.0. The first-order valence-electron chi connectivity index (χ1n) is 10.4. The average Bonchev–Trinajstić information content (AvgIpc) is 3.28. The first-order valence-corrected chi connectivity index (χ1v) is 11.2. The molecule has 1 aromatic heterocycles. The van der Waals surface area contributed by atoms with Gasteiger partial charge in [-0.05, 0) is 24.7 Å². The molecule has 0 saturated carbocycles. The molecule has 1 aliphatic heterocycles. The van der Waals surface area contributed by atoms with Crippen LogP contribution >= 0.6 is 11.3 Å². The number of anilines is 1. The van der Waals surface area contributed by atoms with Crippen LogP contribution < -0.4 is 11.1 Å². The van der Waals surface area contributed by atoms with E-state index in [1.807, 2.05) is 67.0 Å². The molecule has 4 rings (SSSR count). The molecule has 0 radical (unpaired) electrons. The third kappa shape index (κ3) is 6.22. The maximum atomic E-state index is 6.13. The molecule has 1 saturated heterocycles. The highest BCUT2D eigenvalue weighted by molar-refractivity contribution is 7.18. The zero-order chi connectivity index (χ0) is 22.2. The maximum Gasteiger partial charge on any atom is 0.231 e. The van der Waals surface area contributed by atoms with Crippen LogP contribution in [0.1, 0.15) is 0 Å². The van der Waals surface area contributed by atoms with Crippen LogP contribution in [0.25, 0.3) is 10.4 Å². The summed E-state index contributed by atoms with van der Waals surface area (Å²) in [6, 6.07) is 19.8. The Morgan fingerprint density at radius 2 is 1.72 bits per heavy atom. The van der Waals surface area contributed by atoms with E-state index in [1.165, 1.54) is 11.3 Å². The molecule has 0 atom stereocenters. The predicted octanol–water partition coefficient (Wildman–Crippen LogP) is 3.50. The van der Waals surface area contributed by atoms with Crippen molar-refractivity contribution in [3.8, 4) is 10.4 Å². The Hall–Kier alpha value is -3.56. The number of guanidine groups is 2. The van der Waals surface area contributed by atoms with Crippen LogP contribution in [0.2, 0.25) is 0 Å². The summed E-state index contributed by atoms with van der Waals surface area (Å²) < 4.78 is 0. The lowest BCUT2D eigenvalue weighted by molar-refractivity contribution is 0.219. The Morgan fingerprint density at radius 1 is 1.03 bits per heavy atom. The quantitative estimate of drug-likeness (QED) is 0.473. The Morgan fingerprint density at radius 3 is 2.44 bits per heavy atom. The minimum Gasteiger partial charge on any atom is -0.368 e. The van der Waals surface area contributed by atoms with Crippen LogP contribution in [-0.4, -0.2) is 66.3 Å². The van der Waals surface area contributed by atoms with Crippen molar-refractivity contribution in [1.82, 2.24) is 14.8 Å². The fourth-order valence-corrected chi connectivity index (χ4v) is 3.90. The fourth-order valence-electron chi connectivity index (χ4n) is 3.10. The molecule has 2 aromatic carbocycles. The van der Waals surface area contributed by atoms with Gasteiger partial charge >= 0.3 is 0 Å². The van der Waals surface area contributed by atoms with Crippen LogP contribution in [0.3, 0.4) is 0 Å². The first-order chi connectivity index (χ1) is 15.7. The van der Waals surface area contributed by atoms with Gasteiger partial charge in [0.2, 0.25) is 17.1 Å². The molecule has 0 unspecified atom stereocenters. The number of likely N-dealkylation sites (N-methyl/N-ethyl adjacent to an activating group) is 1. The summed E-state index contributed by atoms with van der Waals surface area (Å²) in [5.41, 5.74) is 8.09. The monoisotopic (exact) mass is 446 g/mol. The first kappa shape index (κ1) is 21.7. The van der Waals surface area contributed by atoms with Gasteiger partial charge in [0.1, 0.15) is 0 Å². The van der Waals surface area contributed by atoms with Crippen LogP contribution in [-0.2, 0) is 0 Å². The van der Waals surface area contributed by atoms with E-state index >= 15 is 0 Å². The summed E-state index contributed by atoms with van der Waals surface area (Å²) in [5.74, 6) is 0.462. The lowest BCUT2D eigenvalue weighted by atomic mass is 10.2. The highest BCUT2D eigenvalue weighted by atomic mass is 32.1. The van der Waals surface area contributed by atoms with E-state index in [-0.39, 0.29) is 5.96 Å². The van der Waals surface area contributed by atoms with Gasteiger partial charge in [0.15, 0.2) is 0 Å². The number of hydrogen-bond donors (Lipinski definition) is 2. The van der Waals surface area contributed by atoms with E-state index in [0.717, 1.165) is 42.3 Å². The molecular formula is C23H26N8S. The second kappa shape index (κ2) is 10.7. The second-order valence-electron chi connectivity index (χ2n) is 7.35. The lowest BCUT2D eigenvalue weighted by Gasteiger charge is -2.30. The largest absolute Gasteiger partial charge is 0.368 e. The predicted molar refractivity (Wildman–Crippen MR) is 134 cm³/mol. The van der Waals surface area contributed by atoms with Gasteiger partial charge in [0, 0.05) is 38.1 Å². The topological polar surface area (TPSA) is 94.5 Å². The summed E-state index contributed by atoms with van der Waals surface area (Å²) in [6.07, 6.45) is 3.61. The summed E-state index contributed by atoms with van der Waals surface area (Å²) >= 11 is 1.46. The van der Waals surface area contributed by atoms with Crippen molar-refractivity contribution in [2.75, 3.05) is 38.5 Å². The number of hydrogen-bond acceptors (Lipinski definition) is 4. The molecule has 3 aromatic rings. The number of aromatic nitrogens is 1. The Bertz CT molecular complexity index is 1080. The minimum atomic E-state index is 0.0907. The number of benzene rings is 2. The molecule has 9 heteroatoms. The van der Waals surface area contributed by atoms with Gasteiger partial charge in [0.25, 0.3) is 0 Å². The number of aliphatic imine (C=N–C) groups is 3. The van der Waals surface area contributed by atoms with Gasteiger partial charge in [-0.1, -0.05) is 59.9 Å². The summed E-state index contributed by atoms with van der Waals surface area (Å²) in [4.78, 5) is 23.2. The third-order valence-corrected chi connectivity index (χ3v) is 5.83. The van der Waals surface area contributed by atoms with Crippen molar-refractivity contribution in [2.45, 2.75) is 0 Å². The van der Waals surface area contributed by atoms with Crippen LogP contribution in [0.15, 0.2) is 81.8 Å². The van der Waals surface area contributed by atoms with Crippen molar-refractivity contribution in [3.05, 3.63) is 66.9 Å². The lowest BCUT2D eigenvalue weighted by Crippen LogP contribution is -2.43. The molecule has 0 bridgehead atoms. The molecule has 1 fully saturated rings. The van der Waals surface area contributed by atoms with Crippen molar-refractivity contribution in [3.63, 3.8) is 0 Å². The summed E-state index contributed by atoms with van der Waals surface area (Å²) in [5, 5.41) is 3.76. The SMILES string of the molecule is CN1CCN(C=NC(=NC(N)=Nc2ncc(-c3ccccc3)s2)Nc2ccccc2)CC1. The zero-order valence-electron chi connectivity index (χ0n) is 17.9. The van der Waals surface area contributed by atoms with Crippen molar-refractivity contribution in [2.24, 2.45) is 20.7 Å². The van der Waals surface area contributed by atoms with Gasteiger partial charge in [-0.3, -0.25) is 0 Å². The molecule has 164 valence electrons. The van der Waals surface area contributed by atoms with Crippen LogP contribution in [0, 0.1) is 0 Å². The van der Waals surface area contributed by atoms with Crippen LogP contribution in [0.5, 0.6) is 0 Å². The molecule has 8 nitrogen and oxygen atoms in total. The number of piperazine rings is 1. The van der Waals surface area contributed by atoms with E-state index in [9.17, 15) is 0 Å². The fraction of sp³-hybridized carbons (Fsp3) is 0.217. The number of nitrogens with zero attached hydrogens (tertiary/aromatic N) is 6. The number of nitrogens with two attached hydrogens (primary N) is 1. The van der Waals surface area contributed by atoms with Gasteiger partial charge in [-0.2, -0.15) is 9.98 Å². The molecule has 32 heavy (non-hydrogen) atoms. The zero-order valence-corrected chi connectivity index (χ0v) is 18.7. The van der Waals surface area contributed by atoms with E-state index in [4.69, 9.17) is 5.73 Å². The molecule has 2 heterocycles. The Labute approximate surface area is 191 Å². The Balaban J connectivity index is 1.52. The van der Waals surface area contributed by atoms with Crippen molar-refractivity contribution < 1.29 is 0 Å². The number of nitrogens with one attached hydrogen (secondary N) is 1. The van der Waals surface area contributed by atoms with Gasteiger partial charge in [-0.15, -0.1) is 0 Å². The number of rotatable bonds is 4. The second-order valence-corrected chi connectivity index (χ2v) is 8.36. The van der Waals surface area contributed by atoms with Gasteiger partial charge < -0.3 is 20.9 Å². The number of thiazole rings is 1. The van der Waals surface area contributed by atoms with Gasteiger partial charge in [-0.25, -0.2) is 9.98 Å². The highest BCUT2D eigenvalue weighted by Crippen LogP contribution is 2.30. The van der Waals surface area contributed by atoms with Crippen molar-refractivity contribution in [1.29, 1.82) is 0 Å². The smallest absolute Gasteiger partial charge is 0.231 e. The standard InChI is InChI=1S/C23H26N8S/c1-30-12-14-31(15-13-30)17-26-22(27-19-10-6-3-7-11-19)28-21(24)29-23-25-16-20(32-23)18-8-4-2-5-9-18/h2-11,16-17H,12-15H2,1H3,(H3,24,25,27,28,29). The van der Waals surface area contributed by atoms with E-state index in [1.54, 1.807) is 6.20 Å². The van der Waals surface area contributed by atoms with E-state index < -0.39 is 0 Å². The van der Waals surface area contributed by atoms with E-state index in [2.05, 4.69) is 42.1 Å². The van der Waals surface area contributed by atoms with E-state index in [0.29, 0.717) is 11.1 Å². The summed E-state index contributed by atoms with van der Waals surface area (Å²) in [6.45, 7) is 3.84. The molecule has 1 aliphatic rings. The molecule has 0 spiro atoms. The maximum absolute atomic E-state index is 6.13. The molecule has 0 aliphatic carbocycles. The molecular weight excluding hydrogens is 420 g/mol. The molecule has 3 N–H and O–H groups in total. The summed E-state index contributed by atoms with van der Waals surface area (Å²) in [7, 11) is 2.12. The van der Waals surface area contributed by atoms with Crippen molar-refractivity contribution >= 4 is 40.4 Å². The van der Waals surface area contributed by atoms with Gasteiger partial charge in [0.05, 0.1) is 11.2 Å². The number of para-hydroxylation sites is 1. The highest BCUT2D eigenvalue weighted by Gasteiger charge is 2.11. The minimum absolute atomic E-state index is 0.0907. The Kier molecular flexibility index (Phi) is 7.21. The average molecular weight is 447 g/mol. The third-order valence-electron chi connectivity index (χ3n) is 4.89. The molecule has 0 amide bonds.